The molecule has 0 bridgehead atoms. The number of hydrogen-bond acceptors (Lipinski definition) is 2. The number of rotatable bonds is 0. The van der Waals surface area contributed by atoms with Gasteiger partial charge in [-0.3, -0.25) is 0 Å². The van der Waals surface area contributed by atoms with Crippen molar-refractivity contribution in [2.75, 3.05) is 0 Å². The Hall–Kier alpha value is -0.160. The van der Waals surface area contributed by atoms with Gasteiger partial charge in [-0.15, -0.1) is 0 Å². The van der Waals surface area contributed by atoms with E-state index in [2.05, 4.69) is 0 Å². The van der Waals surface area contributed by atoms with Gasteiger partial charge in [0.25, 0.3) is 0 Å². The first-order valence-corrected chi connectivity index (χ1v) is 3.94. The van der Waals surface area contributed by atoms with E-state index in [4.69, 9.17) is 21.8 Å². The lowest BCUT2D eigenvalue weighted by molar-refractivity contribution is 0.448. The molecule has 2 nitrogen and oxygen atoms in total. The molecule has 1 rings (SSSR count). The molecule has 2 N–H and O–H groups in total. The van der Waals surface area contributed by atoms with E-state index in [1.165, 1.54) is 6.07 Å². The fraction of sp³-hybridized carbons (Fsp3) is 0. The Bertz CT molecular complexity index is 235. The molecule has 0 fully saturated rings. The van der Waals surface area contributed by atoms with Crippen molar-refractivity contribution in [1.82, 2.24) is 0 Å². The summed E-state index contributed by atoms with van der Waals surface area (Å²) in [4.78, 5) is 0. The van der Waals surface area contributed by atoms with Crippen LogP contribution in [0.5, 0.6) is 11.5 Å². The van der Waals surface area contributed by atoms with Gasteiger partial charge in [-0.1, -0.05) is 11.6 Å². The van der Waals surface area contributed by atoms with E-state index >= 15 is 0 Å². The molecule has 4 heteroatoms. The number of benzene rings is 1. The number of aromatic hydroxyl groups is 2. The smallest absolute Gasteiger partial charge is 0.151 e. The van der Waals surface area contributed by atoms with Crippen LogP contribution in [0.1, 0.15) is 0 Å². The second-order valence-corrected chi connectivity index (χ2v) is 3.27. The topological polar surface area (TPSA) is 40.5 Å². The molecular weight excluding hydrogens is 266 g/mol. The minimum Gasteiger partial charge on any atom is -0.506 e. The molecule has 10 heavy (non-hydrogen) atoms. The van der Waals surface area contributed by atoms with Crippen LogP contribution in [0.2, 0.25) is 5.02 Å². The molecule has 54 valence electrons. The lowest BCUT2D eigenvalue weighted by Gasteiger charge is -2.00. The van der Waals surface area contributed by atoms with Crippen LogP contribution in [0.3, 0.4) is 0 Å². The molecule has 1 aromatic rings. The Morgan fingerprint density at radius 1 is 1.30 bits per heavy atom. The summed E-state index contributed by atoms with van der Waals surface area (Å²) in [5, 5.41) is 18.0. The van der Waals surface area contributed by atoms with Crippen molar-refractivity contribution in [3.8, 4) is 11.5 Å². The number of halogens is 2. The van der Waals surface area contributed by atoms with Gasteiger partial charge in [0, 0.05) is 0 Å². The van der Waals surface area contributed by atoms with Crippen LogP contribution in [0.25, 0.3) is 0 Å². The van der Waals surface area contributed by atoms with Crippen molar-refractivity contribution < 1.29 is 10.2 Å². The fourth-order valence-corrected chi connectivity index (χ4v) is 1.30. The minimum atomic E-state index is -0.0976. The zero-order valence-electron chi connectivity index (χ0n) is 4.81. The van der Waals surface area contributed by atoms with Gasteiger partial charge in [0.15, 0.2) is 5.75 Å². The first-order chi connectivity index (χ1) is 4.63. The normalized spacial score (nSPS) is 9.80. The maximum absolute atomic E-state index is 9.09. The van der Waals surface area contributed by atoms with E-state index in [0.717, 1.165) is 0 Å². The quantitative estimate of drug-likeness (QED) is 0.711. The molecule has 0 radical (unpaired) electrons. The Kier molecular flexibility index (Phi) is 2.25. The summed E-state index contributed by atoms with van der Waals surface area (Å²) in [5.74, 6) is -0.165. The van der Waals surface area contributed by atoms with E-state index in [1.54, 1.807) is 6.07 Å². The van der Waals surface area contributed by atoms with Crippen LogP contribution in [0.4, 0.5) is 0 Å². The van der Waals surface area contributed by atoms with Crippen LogP contribution in [0, 0.1) is 3.57 Å². The third-order valence-electron chi connectivity index (χ3n) is 1.05. The van der Waals surface area contributed by atoms with Crippen LogP contribution < -0.4 is 0 Å². The molecule has 0 saturated heterocycles. The summed E-state index contributed by atoms with van der Waals surface area (Å²) >= 11 is 7.40. The van der Waals surface area contributed by atoms with E-state index in [1.807, 2.05) is 22.6 Å². The van der Waals surface area contributed by atoms with Crippen molar-refractivity contribution in [1.29, 1.82) is 0 Å². The van der Waals surface area contributed by atoms with Crippen LogP contribution >= 0.6 is 34.2 Å². The van der Waals surface area contributed by atoms with Crippen molar-refractivity contribution in [2.45, 2.75) is 0 Å². The third kappa shape index (κ3) is 1.29. The Balaban J connectivity index is 3.34. The summed E-state index contributed by atoms with van der Waals surface area (Å²) < 4.78 is 0.625. The SMILES string of the molecule is Oc1ccc(I)c(O)c1Cl. The highest BCUT2D eigenvalue weighted by atomic mass is 127. The molecule has 0 spiro atoms. The van der Waals surface area contributed by atoms with Gasteiger partial charge in [0.05, 0.1) is 3.57 Å². The van der Waals surface area contributed by atoms with Gasteiger partial charge in [-0.25, -0.2) is 0 Å². The molecule has 0 aliphatic rings. The summed E-state index contributed by atoms with van der Waals surface area (Å²) in [6.07, 6.45) is 0. The maximum atomic E-state index is 9.09. The second kappa shape index (κ2) is 2.84. The zero-order chi connectivity index (χ0) is 7.72. The highest BCUT2D eigenvalue weighted by molar-refractivity contribution is 14.1. The average Bonchev–Trinajstić information content (AvgIpc) is 1.93. The molecule has 0 aromatic heterocycles. The van der Waals surface area contributed by atoms with Crippen molar-refractivity contribution >= 4 is 34.2 Å². The highest BCUT2D eigenvalue weighted by Gasteiger charge is 2.06. The largest absolute Gasteiger partial charge is 0.506 e. The van der Waals surface area contributed by atoms with Gasteiger partial charge >= 0.3 is 0 Å². The summed E-state index contributed by atoms with van der Waals surface area (Å²) in [6.45, 7) is 0. The molecule has 1 aromatic carbocycles. The fourth-order valence-electron chi connectivity index (χ4n) is 0.530. The number of phenols is 2. The molecule has 0 aliphatic heterocycles. The van der Waals surface area contributed by atoms with Gasteiger partial charge in [0.1, 0.15) is 10.8 Å². The van der Waals surface area contributed by atoms with Crippen molar-refractivity contribution in [3.05, 3.63) is 20.7 Å². The van der Waals surface area contributed by atoms with E-state index < -0.39 is 0 Å². The summed E-state index contributed by atoms with van der Waals surface area (Å²) in [6, 6.07) is 3.01. The van der Waals surface area contributed by atoms with Crippen LogP contribution in [-0.2, 0) is 0 Å². The molecule has 0 aliphatic carbocycles. The Morgan fingerprint density at radius 2 is 1.90 bits per heavy atom. The third-order valence-corrected chi connectivity index (χ3v) is 2.29. The van der Waals surface area contributed by atoms with Crippen molar-refractivity contribution in [3.63, 3.8) is 0 Å². The van der Waals surface area contributed by atoms with Crippen LogP contribution in [-0.4, -0.2) is 10.2 Å². The van der Waals surface area contributed by atoms with Gasteiger partial charge in [-0.2, -0.15) is 0 Å². The van der Waals surface area contributed by atoms with E-state index in [-0.39, 0.29) is 16.5 Å². The Morgan fingerprint density at radius 3 is 2.40 bits per heavy atom. The predicted molar refractivity (Wildman–Crippen MR) is 47.5 cm³/mol. The summed E-state index contributed by atoms with van der Waals surface area (Å²) in [7, 11) is 0. The van der Waals surface area contributed by atoms with Gasteiger partial charge in [-0.05, 0) is 34.7 Å². The number of phenolic OH excluding ortho intramolecular Hbond substituents is 2. The molecule has 0 heterocycles. The first kappa shape index (κ1) is 7.94. The lowest BCUT2D eigenvalue weighted by atomic mass is 10.3. The standard InChI is InChI=1S/C6H4ClIO2/c7-5-4(9)2-1-3(8)6(5)10/h1-2,9-10H. The number of hydrogen-bond donors (Lipinski definition) is 2. The summed E-state index contributed by atoms with van der Waals surface area (Å²) in [5.41, 5.74) is 0. The molecular formula is C6H4ClIO2. The van der Waals surface area contributed by atoms with Gasteiger partial charge in [0.2, 0.25) is 0 Å². The molecule has 0 atom stereocenters. The first-order valence-electron chi connectivity index (χ1n) is 2.49. The molecule has 0 unspecified atom stereocenters. The highest BCUT2D eigenvalue weighted by Crippen LogP contribution is 2.35. The average molecular weight is 270 g/mol. The maximum Gasteiger partial charge on any atom is 0.151 e. The van der Waals surface area contributed by atoms with E-state index in [9.17, 15) is 0 Å². The van der Waals surface area contributed by atoms with Crippen molar-refractivity contribution in [2.24, 2.45) is 0 Å². The van der Waals surface area contributed by atoms with Crippen LogP contribution in [0.15, 0.2) is 12.1 Å². The molecule has 0 amide bonds. The minimum absolute atomic E-state index is 0.00639. The van der Waals surface area contributed by atoms with Gasteiger partial charge < -0.3 is 10.2 Å². The predicted octanol–water partition coefficient (Wildman–Crippen LogP) is 2.36. The second-order valence-electron chi connectivity index (χ2n) is 1.73. The molecule has 0 saturated carbocycles. The zero-order valence-corrected chi connectivity index (χ0v) is 7.72. The Labute approximate surface area is 76.6 Å². The van der Waals surface area contributed by atoms with E-state index in [0.29, 0.717) is 3.57 Å². The lowest BCUT2D eigenvalue weighted by Crippen LogP contribution is -1.75. The monoisotopic (exact) mass is 270 g/mol.